The zero-order valence-electron chi connectivity index (χ0n) is 71.8. The van der Waals surface area contributed by atoms with Crippen molar-refractivity contribution >= 4 is 84.5 Å². The SMILES string of the molecule is [C-]#[N+]C([N+]#[C-])=C1Cc2c(-c3ccc(S(=O)(=O)C(F)(F)F)cc3)c3c(c(-c4ccc(S(=O)(=O)C(F)(F)F)cc4)c2=C1[N+]#[C-])CC(=C(C#N)C#N)C=3C#N.[C-]#[N+]C([N+]#[C-])=C1Cc2c(-c3ccc(S(C)(=O)=O)cc3)c3c(c(-c4ccc(S(C)(=O)=O)cc4)c2=C1[N+]#[C-])CC(=C(C#N)C#N)C=3C#N.[C-]#[N+]C([N+]#[C-])=C1Cc2c(-c3ccc([N+](=O)[O-])cc3)c3c(c(-c4ccc([N+](=O)[O-])cc4)c2=C1[N+]#[C-])CC(=C(C#N)C#N)C=3C#N. The molecule has 0 fully saturated rings. The van der Waals surface area contributed by atoms with Crippen molar-refractivity contribution in [2.75, 3.05) is 12.5 Å². The Morgan fingerprint density at radius 1 is 0.303 bits per heavy atom. The van der Waals surface area contributed by atoms with Crippen LogP contribution < -0.4 is 31.3 Å². The fourth-order valence-electron chi connectivity index (χ4n) is 17.6. The third-order valence-corrected chi connectivity index (χ3v) is 28.8. The van der Waals surface area contributed by atoms with Crippen LogP contribution in [-0.2, 0) is 77.9 Å². The van der Waals surface area contributed by atoms with Gasteiger partial charge in [-0.3, -0.25) is 20.2 Å². The fourth-order valence-corrected chi connectivity index (χ4v) is 20.4. The summed E-state index contributed by atoms with van der Waals surface area (Å²) in [5.41, 5.74) is -7.27. The minimum absolute atomic E-state index is 0.00761. The molecule has 0 N–H and O–H groups in total. The van der Waals surface area contributed by atoms with Crippen LogP contribution in [0, 0.1) is 181 Å². The van der Waals surface area contributed by atoms with Gasteiger partial charge in [-0.1, -0.05) is 48.5 Å². The van der Waals surface area contributed by atoms with E-state index in [1.54, 1.807) is 36.4 Å². The lowest BCUT2D eigenvalue weighted by Crippen LogP contribution is -2.25. The highest BCUT2D eigenvalue weighted by Crippen LogP contribution is 2.47. The number of rotatable bonds is 12. The van der Waals surface area contributed by atoms with E-state index in [0.29, 0.717) is 112 Å². The maximum atomic E-state index is 13.3. The zero-order chi connectivity index (χ0) is 104. The van der Waals surface area contributed by atoms with Crippen molar-refractivity contribution in [1.82, 2.24) is 0 Å². The van der Waals surface area contributed by atoms with Gasteiger partial charge in [-0.2, -0.15) is 103 Å². The highest BCUT2D eigenvalue weighted by molar-refractivity contribution is 7.92. The second-order valence-corrected chi connectivity index (χ2v) is 38.6. The molecule has 0 amide bonds. The number of non-ortho nitro benzene ring substituents is 2. The van der Waals surface area contributed by atoms with Crippen LogP contribution in [-0.4, -0.2) is 67.0 Å². The lowest BCUT2D eigenvalue weighted by molar-refractivity contribution is -0.385. The van der Waals surface area contributed by atoms with Crippen LogP contribution in [0.1, 0.15) is 33.4 Å². The van der Waals surface area contributed by atoms with Crippen LogP contribution in [0.25, 0.3) is 144 Å². The molecule has 0 saturated carbocycles. The topological polar surface area (TPSA) is 476 Å². The van der Waals surface area contributed by atoms with E-state index in [-0.39, 0.29) is 187 Å². The number of fused-ring (bicyclic) bond motifs is 6. The summed E-state index contributed by atoms with van der Waals surface area (Å²) < 4.78 is 178. The number of sulfone groups is 4. The van der Waals surface area contributed by atoms with Crippen LogP contribution in [0.4, 0.5) is 37.7 Å². The molecule has 9 aromatic rings. The summed E-state index contributed by atoms with van der Waals surface area (Å²) in [6.07, 6.45) is 1.13. The van der Waals surface area contributed by atoms with Crippen molar-refractivity contribution in [2.45, 2.75) is 69.1 Å². The van der Waals surface area contributed by atoms with Gasteiger partial charge < -0.3 is 0 Å². The Bertz CT molecular complexity index is 8870. The zero-order valence-corrected chi connectivity index (χ0v) is 75.1. The Morgan fingerprint density at radius 2 is 0.486 bits per heavy atom. The molecule has 142 heavy (non-hydrogen) atoms. The van der Waals surface area contributed by atoms with E-state index in [4.69, 9.17) is 59.1 Å². The second-order valence-electron chi connectivity index (χ2n) is 30.7. The summed E-state index contributed by atoms with van der Waals surface area (Å²) in [6.45, 7) is 69.7. The fraction of sp³-hybridized carbons (Fsp3) is 0.100. The molecule has 6 aliphatic carbocycles. The minimum atomic E-state index is -5.81. The average Bonchev–Trinajstić information content (AvgIpc) is 1.55. The molecular weight excluding hydrogens is 1920 g/mol. The number of nitrogens with zero attached hydrogens (tertiary/aromatic N) is 20. The van der Waals surface area contributed by atoms with Gasteiger partial charge in [-0.25, -0.2) is 48.2 Å². The largest absolute Gasteiger partial charge is 0.512 e. The summed E-state index contributed by atoms with van der Waals surface area (Å²) in [6, 6.07) is 46.4. The number of nitro groups is 2. The van der Waals surface area contributed by atoms with Crippen molar-refractivity contribution in [2.24, 2.45) is 0 Å². The summed E-state index contributed by atoms with van der Waals surface area (Å²) in [5.74, 6) is -1.18. The number of hydrogen-bond acceptors (Lipinski definition) is 21. The standard InChI is InChI=1S/C34H12F6N6O4S2.C34H18N6O4S2.C32H12N8O4/c1-44-31-25(32(45-2)46-3)13-24-27(17-4-8-20(9-5-17)51(47,48)33(35,36)37)29-23(12-22(26(29)16-43)19(14-41)15-42)28(30(24)31)18-6-10-21(11-7-18)52(49,50)34(38,39)40;1-38-33-27(34(39-2)40-3)15-26-29(19-6-10-22(11-7-19)45(4,41)42)31-25(14-24(28(31)18-37)21(16-35)17-36)30(32(26)33)20-8-12-23(13-9-20)46(5,43)44;1-36-31-25(32(37-2)38-3)13-24-27(17-4-8-20(9-5-17)39(41)42)29-23(12-22(26(29)16-35)19(14-33)15-34)28(30(24)31)18-6-10-21(11-7-18)40(43)44/h4-11H,12-13H2;6-13H,14-15H2,4-5H3;4-11H,12-13H2. The highest BCUT2D eigenvalue weighted by Gasteiger charge is 2.49. The Balaban J connectivity index is 0.000000180. The molecule has 9 aromatic carbocycles. The highest BCUT2D eigenvalue weighted by atomic mass is 32.2. The van der Waals surface area contributed by atoms with Crippen molar-refractivity contribution < 1.29 is 69.9 Å². The first kappa shape index (κ1) is 99.1. The van der Waals surface area contributed by atoms with Crippen molar-refractivity contribution in [3.63, 3.8) is 0 Å². The van der Waals surface area contributed by atoms with Crippen LogP contribution in [0.15, 0.2) is 233 Å². The maximum Gasteiger partial charge on any atom is 0.512 e. The number of allylic oxidation sites excluding steroid dienone is 6. The van der Waals surface area contributed by atoms with Gasteiger partial charge >= 0.3 is 28.5 Å². The summed E-state index contributed by atoms with van der Waals surface area (Å²) in [7, 11) is -18.7. The van der Waals surface area contributed by atoms with Crippen molar-refractivity contribution in [3.05, 3.63) is 401 Å². The predicted molar refractivity (Wildman–Crippen MR) is 490 cm³/mol. The first-order valence-electron chi connectivity index (χ1n) is 39.6. The molecule has 0 unspecified atom stereocenters. The molecule has 680 valence electrons. The van der Waals surface area contributed by atoms with Gasteiger partial charge in [0.1, 0.15) is 111 Å². The quantitative estimate of drug-likeness (QED) is 0.0360. The Morgan fingerprint density at radius 3 is 0.655 bits per heavy atom. The normalized spacial score (nSPS) is 13.2. The van der Waals surface area contributed by atoms with Crippen LogP contribution >= 0.6 is 0 Å². The molecule has 0 saturated heterocycles. The Hall–Kier alpha value is -20.4. The van der Waals surface area contributed by atoms with Crippen molar-refractivity contribution in [1.29, 1.82) is 47.4 Å². The van der Waals surface area contributed by atoms with E-state index in [2.05, 4.69) is 55.7 Å². The molecule has 0 atom stereocenters. The first-order valence-corrected chi connectivity index (χ1v) is 46.4. The van der Waals surface area contributed by atoms with Crippen LogP contribution in [0.2, 0.25) is 0 Å². The second kappa shape index (κ2) is 37.8. The number of nitriles is 9. The smallest absolute Gasteiger partial charge is 0.258 e. The van der Waals surface area contributed by atoms with Gasteiger partial charge in [0.05, 0.1) is 82.6 Å². The van der Waals surface area contributed by atoms with Gasteiger partial charge in [-0.05, 0) is 208 Å². The molecule has 42 heteroatoms. The lowest BCUT2D eigenvalue weighted by atomic mass is 9.87. The van der Waals surface area contributed by atoms with E-state index < -0.39 is 87.8 Å². The average molecular weight is 1960 g/mol. The molecule has 0 radical (unpaired) electrons. The Labute approximate surface area is 800 Å². The first-order chi connectivity index (χ1) is 67.4. The predicted octanol–water partition coefficient (Wildman–Crippen LogP) is 14.9. The third-order valence-electron chi connectivity index (χ3n) is 23.5. The molecule has 32 nitrogen and oxygen atoms in total. The summed E-state index contributed by atoms with van der Waals surface area (Å²) >= 11 is 0. The maximum absolute atomic E-state index is 13.3. The molecule has 0 aliphatic heterocycles. The molecule has 6 aliphatic rings. The minimum Gasteiger partial charge on any atom is -0.258 e. The third kappa shape index (κ3) is 16.7. The van der Waals surface area contributed by atoms with Gasteiger partial charge in [0.15, 0.2) is 36.8 Å². The number of nitro benzene ring substituents is 2. The molecule has 15 rings (SSSR count). The van der Waals surface area contributed by atoms with Gasteiger partial charge in [0.2, 0.25) is 0 Å². The summed E-state index contributed by atoms with van der Waals surface area (Å²) in [4.78, 5) is 50.2. The van der Waals surface area contributed by atoms with E-state index in [1.165, 1.54) is 72.8 Å². The van der Waals surface area contributed by atoms with Crippen LogP contribution in [0.3, 0.4) is 0 Å². The van der Waals surface area contributed by atoms with Crippen LogP contribution in [0.5, 0.6) is 0 Å². The molecular formula is C100H42F6N20O12S4. The van der Waals surface area contributed by atoms with Crippen molar-refractivity contribution in [3.8, 4) is 121 Å². The number of alkyl halides is 6. The Kier molecular flexibility index (Phi) is 26.4. The van der Waals surface area contributed by atoms with Gasteiger partial charge in [0.25, 0.3) is 31.0 Å². The molecule has 0 bridgehead atoms. The molecule has 0 heterocycles. The van der Waals surface area contributed by atoms with E-state index >= 15 is 0 Å². The lowest BCUT2D eigenvalue weighted by Gasteiger charge is -2.17. The molecule has 0 aromatic heterocycles. The van der Waals surface area contributed by atoms with E-state index in [0.717, 1.165) is 36.8 Å². The van der Waals surface area contributed by atoms with Gasteiger partial charge in [-0.15, -0.1) is 0 Å². The molecule has 0 spiro atoms. The van der Waals surface area contributed by atoms with E-state index in [1.807, 2.05) is 30.3 Å². The van der Waals surface area contributed by atoms with E-state index in [9.17, 15) is 128 Å². The monoisotopic (exact) mass is 1960 g/mol. The number of halogens is 6. The van der Waals surface area contributed by atoms with Gasteiger partial charge in [0, 0.05) is 88.4 Å². The number of hydrogen-bond donors (Lipinski definition) is 0. The number of benzene rings is 9. The summed E-state index contributed by atoms with van der Waals surface area (Å²) in [5, 5.41) is 114.